The van der Waals surface area contributed by atoms with E-state index in [4.69, 9.17) is 0 Å². The van der Waals surface area contributed by atoms with E-state index in [-0.39, 0.29) is 17.7 Å². The zero-order valence-corrected chi connectivity index (χ0v) is 9.48. The number of amides is 2. The van der Waals surface area contributed by atoms with Crippen molar-refractivity contribution in [3.05, 3.63) is 29.8 Å². The number of nitrogens with one attached hydrogen (secondary N) is 1. The number of hydrogen-bond donors (Lipinski definition) is 1. The van der Waals surface area contributed by atoms with E-state index in [0.717, 1.165) is 18.7 Å². The van der Waals surface area contributed by atoms with Crippen LogP contribution < -0.4 is 10.2 Å². The molecule has 1 aromatic carbocycles. The van der Waals surface area contributed by atoms with Crippen molar-refractivity contribution in [3.8, 4) is 0 Å². The summed E-state index contributed by atoms with van der Waals surface area (Å²) in [5, 5.41) is 2.71. The lowest BCUT2D eigenvalue weighted by Crippen LogP contribution is -2.35. The molecule has 17 heavy (non-hydrogen) atoms. The molecule has 3 rings (SSSR count). The minimum absolute atomic E-state index is 0.0177. The van der Waals surface area contributed by atoms with Crippen LogP contribution in [0.5, 0.6) is 0 Å². The first-order valence-corrected chi connectivity index (χ1v) is 5.91. The third-order valence-corrected chi connectivity index (χ3v) is 3.48. The Hall–Kier alpha value is -1.84. The van der Waals surface area contributed by atoms with Gasteiger partial charge in [0, 0.05) is 25.2 Å². The minimum Gasteiger partial charge on any atom is -0.355 e. The number of carbonyl (C=O) groups excluding carboxylic acids is 2. The molecule has 0 aliphatic carbocycles. The van der Waals surface area contributed by atoms with Gasteiger partial charge in [0.05, 0.1) is 5.92 Å². The topological polar surface area (TPSA) is 49.4 Å². The maximum Gasteiger partial charge on any atom is 0.232 e. The molecule has 88 valence electrons. The molecule has 0 bridgehead atoms. The molecule has 4 heteroatoms. The molecule has 0 spiro atoms. The first kappa shape index (κ1) is 10.3. The summed E-state index contributed by atoms with van der Waals surface area (Å²) in [6, 6.07) is 7.97. The van der Waals surface area contributed by atoms with Gasteiger partial charge in [-0.05, 0) is 18.1 Å². The lowest BCUT2D eigenvalue weighted by Gasteiger charge is -2.20. The molecule has 1 atom stereocenters. The van der Waals surface area contributed by atoms with E-state index >= 15 is 0 Å². The SMILES string of the molecule is O=C1CC(C(=O)N2CCc3ccccc32)CN1. The Morgan fingerprint density at radius 3 is 2.94 bits per heavy atom. The van der Waals surface area contributed by atoms with Gasteiger partial charge in [0.15, 0.2) is 0 Å². The molecule has 2 heterocycles. The number of hydrogen-bond acceptors (Lipinski definition) is 2. The zero-order valence-electron chi connectivity index (χ0n) is 9.48. The number of benzene rings is 1. The maximum absolute atomic E-state index is 12.3. The van der Waals surface area contributed by atoms with Gasteiger partial charge < -0.3 is 10.2 Å². The summed E-state index contributed by atoms with van der Waals surface area (Å²) in [5.41, 5.74) is 2.23. The van der Waals surface area contributed by atoms with E-state index in [1.165, 1.54) is 5.56 Å². The predicted octanol–water partition coefficient (Wildman–Crippen LogP) is 0.712. The fraction of sp³-hybridized carbons (Fsp3) is 0.385. The number of rotatable bonds is 1. The molecular weight excluding hydrogens is 216 g/mol. The van der Waals surface area contributed by atoms with E-state index in [1.54, 1.807) is 0 Å². The van der Waals surface area contributed by atoms with Crippen LogP contribution in [-0.4, -0.2) is 24.9 Å². The van der Waals surface area contributed by atoms with E-state index in [2.05, 4.69) is 11.4 Å². The highest BCUT2D eigenvalue weighted by Gasteiger charge is 2.34. The van der Waals surface area contributed by atoms with Gasteiger partial charge in [-0.3, -0.25) is 9.59 Å². The number of nitrogens with zero attached hydrogens (tertiary/aromatic N) is 1. The fourth-order valence-electron chi connectivity index (χ4n) is 2.57. The van der Waals surface area contributed by atoms with E-state index in [1.807, 2.05) is 23.1 Å². The molecule has 0 saturated carbocycles. The smallest absolute Gasteiger partial charge is 0.232 e. The third-order valence-electron chi connectivity index (χ3n) is 3.48. The highest BCUT2D eigenvalue weighted by atomic mass is 16.2. The van der Waals surface area contributed by atoms with Crippen molar-refractivity contribution in [1.29, 1.82) is 0 Å². The average Bonchev–Trinajstić information content (AvgIpc) is 2.94. The average molecular weight is 230 g/mol. The normalized spacial score (nSPS) is 22.5. The molecule has 0 aromatic heterocycles. The Morgan fingerprint density at radius 1 is 1.35 bits per heavy atom. The molecule has 4 nitrogen and oxygen atoms in total. The summed E-state index contributed by atoms with van der Waals surface area (Å²) < 4.78 is 0. The monoisotopic (exact) mass is 230 g/mol. The lowest BCUT2D eigenvalue weighted by atomic mass is 10.1. The first-order chi connectivity index (χ1) is 8.25. The minimum atomic E-state index is -0.186. The maximum atomic E-state index is 12.3. The zero-order chi connectivity index (χ0) is 11.8. The molecular formula is C13H14N2O2. The van der Waals surface area contributed by atoms with Gasteiger partial charge in [0.2, 0.25) is 11.8 Å². The number of anilines is 1. The van der Waals surface area contributed by atoms with Gasteiger partial charge in [-0.25, -0.2) is 0 Å². The Labute approximate surface area is 99.6 Å². The second-order valence-corrected chi connectivity index (χ2v) is 4.57. The molecule has 1 fully saturated rings. The van der Waals surface area contributed by atoms with E-state index in [9.17, 15) is 9.59 Å². The standard InChI is InChI=1S/C13H14N2O2/c16-12-7-10(8-14-12)13(17)15-6-5-9-3-1-2-4-11(9)15/h1-4,10H,5-8H2,(H,14,16). The van der Waals surface area contributed by atoms with Crippen molar-refractivity contribution in [2.45, 2.75) is 12.8 Å². The summed E-state index contributed by atoms with van der Waals surface area (Å²) in [6.07, 6.45) is 1.24. The van der Waals surface area contributed by atoms with Crippen molar-refractivity contribution >= 4 is 17.5 Å². The van der Waals surface area contributed by atoms with Crippen molar-refractivity contribution in [2.24, 2.45) is 5.92 Å². The van der Waals surface area contributed by atoms with Crippen LogP contribution in [0.25, 0.3) is 0 Å². The molecule has 2 aliphatic rings. The summed E-state index contributed by atoms with van der Waals surface area (Å²) in [4.78, 5) is 25.2. The Kier molecular flexibility index (Phi) is 2.35. The second kappa shape index (κ2) is 3.87. The Bertz CT molecular complexity index is 484. The summed E-state index contributed by atoms with van der Waals surface area (Å²) in [6.45, 7) is 1.22. The first-order valence-electron chi connectivity index (χ1n) is 5.91. The van der Waals surface area contributed by atoms with Crippen molar-refractivity contribution in [2.75, 3.05) is 18.0 Å². The largest absolute Gasteiger partial charge is 0.355 e. The molecule has 1 unspecified atom stereocenters. The highest BCUT2D eigenvalue weighted by molar-refractivity contribution is 6.00. The number of carbonyl (C=O) groups is 2. The van der Waals surface area contributed by atoms with Crippen LogP contribution in [0.2, 0.25) is 0 Å². The molecule has 2 aliphatic heterocycles. The number of para-hydroxylation sites is 1. The van der Waals surface area contributed by atoms with Crippen molar-refractivity contribution < 1.29 is 9.59 Å². The van der Waals surface area contributed by atoms with E-state index < -0.39 is 0 Å². The quantitative estimate of drug-likeness (QED) is 0.772. The Balaban J connectivity index is 1.82. The van der Waals surface area contributed by atoms with Gasteiger partial charge >= 0.3 is 0 Å². The van der Waals surface area contributed by atoms with Crippen molar-refractivity contribution in [1.82, 2.24) is 5.32 Å². The van der Waals surface area contributed by atoms with E-state index in [0.29, 0.717) is 13.0 Å². The third kappa shape index (κ3) is 1.69. The fourth-order valence-corrected chi connectivity index (χ4v) is 2.57. The van der Waals surface area contributed by atoms with Gasteiger partial charge in [-0.2, -0.15) is 0 Å². The second-order valence-electron chi connectivity index (χ2n) is 4.57. The van der Waals surface area contributed by atoms with Crippen LogP contribution in [-0.2, 0) is 16.0 Å². The lowest BCUT2D eigenvalue weighted by molar-refractivity contribution is -0.124. The summed E-state index contributed by atoms with van der Waals surface area (Å²) in [7, 11) is 0. The van der Waals surface area contributed by atoms with Gasteiger partial charge in [-0.1, -0.05) is 18.2 Å². The van der Waals surface area contributed by atoms with Crippen LogP contribution in [0.4, 0.5) is 5.69 Å². The van der Waals surface area contributed by atoms with Gasteiger partial charge in [-0.15, -0.1) is 0 Å². The van der Waals surface area contributed by atoms with Crippen LogP contribution in [0, 0.1) is 5.92 Å². The summed E-state index contributed by atoms with van der Waals surface area (Å²) in [5.74, 6) is -0.127. The molecule has 1 N–H and O–H groups in total. The van der Waals surface area contributed by atoms with Crippen LogP contribution in [0.3, 0.4) is 0 Å². The van der Waals surface area contributed by atoms with Crippen LogP contribution in [0.1, 0.15) is 12.0 Å². The molecule has 1 saturated heterocycles. The molecule has 0 radical (unpaired) electrons. The predicted molar refractivity (Wildman–Crippen MR) is 63.6 cm³/mol. The molecule has 1 aromatic rings. The van der Waals surface area contributed by atoms with Crippen molar-refractivity contribution in [3.63, 3.8) is 0 Å². The molecule has 2 amide bonds. The van der Waals surface area contributed by atoms with Gasteiger partial charge in [0.1, 0.15) is 0 Å². The van der Waals surface area contributed by atoms with Crippen LogP contribution in [0.15, 0.2) is 24.3 Å². The number of fused-ring (bicyclic) bond motifs is 1. The van der Waals surface area contributed by atoms with Gasteiger partial charge in [0.25, 0.3) is 0 Å². The van der Waals surface area contributed by atoms with Crippen LogP contribution >= 0.6 is 0 Å². The summed E-state index contributed by atoms with van der Waals surface area (Å²) >= 11 is 0. The highest BCUT2D eigenvalue weighted by Crippen LogP contribution is 2.29. The Morgan fingerprint density at radius 2 is 2.18 bits per heavy atom.